The third kappa shape index (κ3) is 1.29. The number of anilines is 1. The molecule has 1 aromatic rings. The number of rotatable bonds is 0. The SMILES string of the molecule is CC1(C)Cn2nc(N)c(F)c2CO1. The standard InChI is InChI=1S/C8H12FN3O/c1-8(2)4-12-5(3-13-8)6(9)7(10)11-12/h3-4H2,1-2H3,(H2,10,11). The van der Waals surface area contributed by atoms with Gasteiger partial charge >= 0.3 is 0 Å². The zero-order chi connectivity index (χ0) is 9.64. The van der Waals surface area contributed by atoms with Gasteiger partial charge in [-0.1, -0.05) is 0 Å². The summed E-state index contributed by atoms with van der Waals surface area (Å²) in [6.07, 6.45) is 0. The molecule has 5 heteroatoms. The van der Waals surface area contributed by atoms with Crippen molar-refractivity contribution in [2.24, 2.45) is 0 Å². The van der Waals surface area contributed by atoms with Crippen LogP contribution in [0.1, 0.15) is 19.5 Å². The number of hydrogen-bond acceptors (Lipinski definition) is 3. The summed E-state index contributed by atoms with van der Waals surface area (Å²) in [6.45, 7) is 4.65. The molecule has 0 atom stereocenters. The molecule has 1 aromatic heterocycles. The third-order valence-corrected chi connectivity index (χ3v) is 2.15. The highest BCUT2D eigenvalue weighted by Gasteiger charge is 2.29. The van der Waals surface area contributed by atoms with Gasteiger partial charge in [0.25, 0.3) is 0 Å². The van der Waals surface area contributed by atoms with E-state index in [1.54, 1.807) is 4.68 Å². The Balaban J connectivity index is 2.42. The number of ether oxygens (including phenoxy) is 1. The first-order chi connectivity index (χ1) is 5.99. The van der Waals surface area contributed by atoms with Gasteiger partial charge in [-0.25, -0.2) is 4.39 Å². The van der Waals surface area contributed by atoms with Crippen LogP contribution < -0.4 is 5.73 Å². The fourth-order valence-corrected chi connectivity index (χ4v) is 1.43. The lowest BCUT2D eigenvalue weighted by Crippen LogP contribution is -2.36. The fraction of sp³-hybridized carbons (Fsp3) is 0.625. The highest BCUT2D eigenvalue weighted by molar-refractivity contribution is 5.32. The molecular weight excluding hydrogens is 173 g/mol. The van der Waals surface area contributed by atoms with Gasteiger partial charge in [0, 0.05) is 0 Å². The molecule has 2 heterocycles. The number of fused-ring (bicyclic) bond motifs is 1. The van der Waals surface area contributed by atoms with Crippen LogP contribution in [0, 0.1) is 5.82 Å². The Kier molecular flexibility index (Phi) is 1.60. The highest BCUT2D eigenvalue weighted by atomic mass is 19.1. The van der Waals surface area contributed by atoms with Crippen LogP contribution in [0.4, 0.5) is 10.2 Å². The van der Waals surface area contributed by atoms with Crippen molar-refractivity contribution < 1.29 is 9.13 Å². The van der Waals surface area contributed by atoms with Crippen molar-refractivity contribution in [3.8, 4) is 0 Å². The number of nitrogens with zero attached hydrogens (tertiary/aromatic N) is 2. The highest BCUT2D eigenvalue weighted by Crippen LogP contribution is 2.25. The first-order valence-electron chi connectivity index (χ1n) is 4.14. The van der Waals surface area contributed by atoms with E-state index in [4.69, 9.17) is 10.5 Å². The minimum absolute atomic E-state index is 0.0451. The number of nitrogens with two attached hydrogens (primary N) is 1. The molecule has 0 fully saturated rings. The van der Waals surface area contributed by atoms with Gasteiger partial charge in [0.05, 0.1) is 18.8 Å². The molecule has 2 N–H and O–H groups in total. The Labute approximate surface area is 75.5 Å². The molecule has 2 rings (SSSR count). The summed E-state index contributed by atoms with van der Waals surface area (Å²) in [4.78, 5) is 0. The molecule has 0 amide bonds. The van der Waals surface area contributed by atoms with Crippen LogP contribution in [-0.2, 0) is 17.9 Å². The summed E-state index contributed by atoms with van der Waals surface area (Å²) in [7, 11) is 0. The molecule has 1 aliphatic heterocycles. The second-order valence-corrected chi connectivity index (χ2v) is 3.85. The van der Waals surface area contributed by atoms with Crippen molar-refractivity contribution in [2.75, 3.05) is 5.73 Å². The van der Waals surface area contributed by atoms with E-state index in [1.807, 2.05) is 13.8 Å². The van der Waals surface area contributed by atoms with Crippen LogP contribution in [0.2, 0.25) is 0 Å². The maximum Gasteiger partial charge on any atom is 0.190 e. The van der Waals surface area contributed by atoms with Crippen LogP contribution in [0.3, 0.4) is 0 Å². The van der Waals surface area contributed by atoms with Gasteiger partial charge in [-0.3, -0.25) is 4.68 Å². The van der Waals surface area contributed by atoms with E-state index in [-0.39, 0.29) is 18.0 Å². The predicted octanol–water partition coefficient (Wildman–Crippen LogP) is 0.913. The molecule has 72 valence electrons. The number of nitrogen functional groups attached to an aromatic ring is 1. The molecule has 4 nitrogen and oxygen atoms in total. The minimum Gasteiger partial charge on any atom is -0.380 e. The van der Waals surface area contributed by atoms with Crippen LogP contribution in [0.5, 0.6) is 0 Å². The summed E-state index contributed by atoms with van der Waals surface area (Å²) in [5.74, 6) is -0.494. The second-order valence-electron chi connectivity index (χ2n) is 3.85. The number of hydrogen-bond donors (Lipinski definition) is 1. The Morgan fingerprint density at radius 3 is 3.00 bits per heavy atom. The van der Waals surface area contributed by atoms with E-state index in [0.717, 1.165) is 0 Å². The van der Waals surface area contributed by atoms with Gasteiger partial charge in [-0.15, -0.1) is 0 Å². The summed E-state index contributed by atoms with van der Waals surface area (Å²) in [6, 6.07) is 0. The molecule has 1 aliphatic rings. The maximum absolute atomic E-state index is 13.2. The van der Waals surface area contributed by atoms with Crippen LogP contribution >= 0.6 is 0 Å². The lowest BCUT2D eigenvalue weighted by atomic mass is 10.1. The number of halogens is 1. The van der Waals surface area contributed by atoms with E-state index < -0.39 is 5.82 Å². The maximum atomic E-state index is 13.2. The number of aromatic nitrogens is 2. The summed E-state index contributed by atoms with van der Waals surface area (Å²) in [5.41, 5.74) is 5.49. The second kappa shape index (κ2) is 2.45. The average Bonchev–Trinajstić information content (AvgIpc) is 2.25. The molecule has 0 spiro atoms. The van der Waals surface area contributed by atoms with Gasteiger partial charge in [0.2, 0.25) is 0 Å². The van der Waals surface area contributed by atoms with Crippen molar-refractivity contribution in [3.05, 3.63) is 11.5 Å². The average molecular weight is 185 g/mol. The first-order valence-corrected chi connectivity index (χ1v) is 4.14. The molecular formula is C8H12FN3O. The van der Waals surface area contributed by atoms with E-state index in [9.17, 15) is 4.39 Å². The molecule has 0 bridgehead atoms. The van der Waals surface area contributed by atoms with E-state index in [0.29, 0.717) is 12.2 Å². The van der Waals surface area contributed by atoms with Gasteiger partial charge in [0.15, 0.2) is 11.6 Å². The topological polar surface area (TPSA) is 53.1 Å². The largest absolute Gasteiger partial charge is 0.380 e. The Hall–Kier alpha value is -1.10. The fourth-order valence-electron chi connectivity index (χ4n) is 1.43. The smallest absolute Gasteiger partial charge is 0.190 e. The zero-order valence-corrected chi connectivity index (χ0v) is 7.67. The van der Waals surface area contributed by atoms with E-state index >= 15 is 0 Å². The van der Waals surface area contributed by atoms with Gasteiger partial charge in [-0.05, 0) is 13.8 Å². The van der Waals surface area contributed by atoms with E-state index in [2.05, 4.69) is 5.10 Å². The summed E-state index contributed by atoms with van der Waals surface area (Å²) >= 11 is 0. The van der Waals surface area contributed by atoms with Crippen molar-refractivity contribution in [2.45, 2.75) is 32.6 Å². The lowest BCUT2D eigenvalue weighted by molar-refractivity contribution is -0.0673. The summed E-state index contributed by atoms with van der Waals surface area (Å²) in [5, 5.41) is 3.89. The predicted molar refractivity (Wildman–Crippen MR) is 45.5 cm³/mol. The van der Waals surface area contributed by atoms with Gasteiger partial charge in [-0.2, -0.15) is 5.10 Å². The quantitative estimate of drug-likeness (QED) is 0.653. The summed E-state index contributed by atoms with van der Waals surface area (Å²) < 4.78 is 20.2. The molecule has 0 aromatic carbocycles. The minimum atomic E-state index is -0.449. The lowest BCUT2D eigenvalue weighted by Gasteiger charge is -2.30. The molecule has 0 saturated heterocycles. The van der Waals surface area contributed by atoms with Crippen molar-refractivity contribution in [1.29, 1.82) is 0 Å². The molecule has 0 unspecified atom stereocenters. The Morgan fingerprint density at radius 2 is 2.31 bits per heavy atom. The normalized spacial score (nSPS) is 19.9. The van der Waals surface area contributed by atoms with Gasteiger partial charge < -0.3 is 10.5 Å². The first kappa shape index (κ1) is 8.50. The third-order valence-electron chi connectivity index (χ3n) is 2.15. The van der Waals surface area contributed by atoms with Crippen LogP contribution in [0.25, 0.3) is 0 Å². The van der Waals surface area contributed by atoms with Crippen LogP contribution in [-0.4, -0.2) is 15.4 Å². The molecule has 0 aliphatic carbocycles. The van der Waals surface area contributed by atoms with Crippen LogP contribution in [0.15, 0.2) is 0 Å². The molecule has 0 radical (unpaired) electrons. The van der Waals surface area contributed by atoms with Crippen molar-refractivity contribution >= 4 is 5.82 Å². The zero-order valence-electron chi connectivity index (χ0n) is 7.67. The molecule has 0 saturated carbocycles. The Morgan fingerprint density at radius 1 is 1.62 bits per heavy atom. The monoisotopic (exact) mass is 185 g/mol. The van der Waals surface area contributed by atoms with E-state index in [1.165, 1.54) is 0 Å². The Bertz CT molecular complexity index is 345. The van der Waals surface area contributed by atoms with Crippen molar-refractivity contribution in [1.82, 2.24) is 9.78 Å². The van der Waals surface area contributed by atoms with Gasteiger partial charge in [0.1, 0.15) is 5.69 Å². The van der Waals surface area contributed by atoms with Crippen molar-refractivity contribution in [3.63, 3.8) is 0 Å². The molecule has 13 heavy (non-hydrogen) atoms.